The molecule has 1 aliphatic heterocycles. The second-order valence-corrected chi connectivity index (χ2v) is 8.09. The van der Waals surface area contributed by atoms with Crippen LogP contribution in [-0.2, 0) is 30.8 Å². The summed E-state index contributed by atoms with van der Waals surface area (Å²) in [6.07, 6.45) is 0.271. The lowest BCUT2D eigenvalue weighted by atomic mass is 10.1. The Balaban J connectivity index is 1.57. The molecule has 1 aliphatic rings. The minimum atomic E-state index is -3.71. The summed E-state index contributed by atoms with van der Waals surface area (Å²) in [5, 5.41) is 11.2. The van der Waals surface area contributed by atoms with Crippen molar-refractivity contribution in [3.8, 4) is 6.07 Å². The van der Waals surface area contributed by atoms with Crippen LogP contribution in [0.5, 0.6) is 0 Å². The zero-order valence-electron chi connectivity index (χ0n) is 16.0. The van der Waals surface area contributed by atoms with Gasteiger partial charge >= 0.3 is 5.97 Å². The van der Waals surface area contributed by atoms with Gasteiger partial charge in [0.05, 0.1) is 17.4 Å². The molecule has 10 heteroatoms. The van der Waals surface area contributed by atoms with Gasteiger partial charge in [0, 0.05) is 11.3 Å². The number of carbonyl (C=O) groups is 2. The van der Waals surface area contributed by atoms with Gasteiger partial charge in [0.1, 0.15) is 11.9 Å². The van der Waals surface area contributed by atoms with Crippen molar-refractivity contribution >= 4 is 33.4 Å². The summed E-state index contributed by atoms with van der Waals surface area (Å²) in [4.78, 5) is 28.3. The Kier molecular flexibility index (Phi) is 6.13. The highest BCUT2D eigenvalue weighted by molar-refractivity contribution is 7.90. The number of hydrogen-bond donors (Lipinski definition) is 2. The number of nitriles is 1. The molecule has 0 spiro atoms. The molecule has 2 N–H and O–H groups in total. The first-order chi connectivity index (χ1) is 14.3. The molecule has 0 bridgehead atoms. The Bertz CT molecular complexity index is 1150. The van der Waals surface area contributed by atoms with Crippen LogP contribution in [0.2, 0.25) is 0 Å². The predicted molar refractivity (Wildman–Crippen MR) is 108 cm³/mol. The molecule has 154 valence electrons. The maximum absolute atomic E-state index is 12.2. The third kappa shape index (κ3) is 4.82. The SMILES string of the molecule is C[C@H](N=C1NS(=O)(=O)c2ccccc21)C(=O)OCC(=O)Nc1ccc(CC#N)cc1. The standard InChI is InChI=1S/C20H18N4O5S/c1-13(22-19-16-4-2-3-5-17(16)30(27,28)24-19)20(26)29-12-18(25)23-15-8-6-14(7-9-15)10-11-21/h2-9,13H,10,12H2,1H3,(H,22,24)(H,23,25)/t13-/m0/s1. The number of esters is 1. The van der Waals surface area contributed by atoms with Gasteiger partial charge < -0.3 is 10.1 Å². The number of anilines is 1. The van der Waals surface area contributed by atoms with Gasteiger partial charge in [0.15, 0.2) is 6.61 Å². The van der Waals surface area contributed by atoms with Crippen LogP contribution in [0.1, 0.15) is 18.1 Å². The Hall–Kier alpha value is -3.71. The first kappa shape index (κ1) is 21.0. The average molecular weight is 426 g/mol. The van der Waals surface area contributed by atoms with E-state index in [0.717, 1.165) is 5.56 Å². The van der Waals surface area contributed by atoms with Gasteiger partial charge in [-0.15, -0.1) is 0 Å². The number of rotatable bonds is 6. The largest absolute Gasteiger partial charge is 0.454 e. The summed E-state index contributed by atoms with van der Waals surface area (Å²) in [6.45, 7) is 0.923. The fourth-order valence-electron chi connectivity index (χ4n) is 2.73. The van der Waals surface area contributed by atoms with Gasteiger partial charge in [-0.05, 0) is 36.8 Å². The summed E-state index contributed by atoms with van der Waals surface area (Å²) >= 11 is 0. The van der Waals surface area contributed by atoms with Gasteiger partial charge in [-0.25, -0.2) is 13.2 Å². The van der Waals surface area contributed by atoms with E-state index in [1.807, 2.05) is 6.07 Å². The first-order valence-electron chi connectivity index (χ1n) is 8.92. The molecule has 2 aromatic rings. The molecule has 1 heterocycles. The summed E-state index contributed by atoms with van der Waals surface area (Å²) in [7, 11) is -3.71. The zero-order chi connectivity index (χ0) is 21.7. The Labute approximate surface area is 173 Å². The van der Waals surface area contributed by atoms with Gasteiger partial charge in [-0.2, -0.15) is 5.26 Å². The van der Waals surface area contributed by atoms with Crippen molar-refractivity contribution in [2.24, 2.45) is 4.99 Å². The summed E-state index contributed by atoms with van der Waals surface area (Å²) < 4.78 is 31.4. The van der Waals surface area contributed by atoms with Crippen molar-refractivity contribution in [3.63, 3.8) is 0 Å². The molecule has 2 aromatic carbocycles. The van der Waals surface area contributed by atoms with E-state index >= 15 is 0 Å². The molecule has 3 rings (SSSR count). The third-order valence-corrected chi connectivity index (χ3v) is 5.59. The van der Waals surface area contributed by atoms with Gasteiger partial charge in [0.25, 0.3) is 15.9 Å². The number of amidine groups is 1. The minimum absolute atomic E-state index is 0.0527. The number of fused-ring (bicyclic) bond motifs is 1. The minimum Gasteiger partial charge on any atom is -0.454 e. The van der Waals surface area contributed by atoms with E-state index in [2.05, 4.69) is 15.0 Å². The molecule has 0 aromatic heterocycles. The molecule has 0 radical (unpaired) electrons. The van der Waals surface area contributed by atoms with Crippen LogP contribution in [-0.4, -0.2) is 38.8 Å². The maximum Gasteiger partial charge on any atom is 0.331 e. The van der Waals surface area contributed by atoms with E-state index in [4.69, 9.17) is 10.00 Å². The van der Waals surface area contributed by atoms with Crippen LogP contribution in [0.15, 0.2) is 58.4 Å². The molecule has 9 nitrogen and oxygen atoms in total. The maximum atomic E-state index is 12.2. The first-order valence-corrected chi connectivity index (χ1v) is 10.4. The summed E-state index contributed by atoms with van der Waals surface area (Å²) in [5.41, 5.74) is 1.69. The number of nitrogens with zero attached hydrogens (tertiary/aromatic N) is 2. The number of amides is 1. The van der Waals surface area contributed by atoms with Crippen molar-refractivity contribution < 1.29 is 22.7 Å². The highest BCUT2D eigenvalue weighted by atomic mass is 32.2. The Morgan fingerprint density at radius 1 is 1.20 bits per heavy atom. The van der Waals surface area contributed by atoms with E-state index in [0.29, 0.717) is 11.3 Å². The average Bonchev–Trinajstić information content (AvgIpc) is 2.98. The Morgan fingerprint density at radius 2 is 1.90 bits per heavy atom. The molecular formula is C20H18N4O5S. The lowest BCUT2D eigenvalue weighted by Gasteiger charge is -2.10. The molecule has 0 fully saturated rings. The number of sulfonamides is 1. The van der Waals surface area contributed by atoms with Crippen molar-refractivity contribution in [1.82, 2.24) is 4.72 Å². The van der Waals surface area contributed by atoms with Crippen LogP contribution in [0, 0.1) is 11.3 Å². The molecule has 1 amide bonds. The lowest BCUT2D eigenvalue weighted by Crippen LogP contribution is -2.28. The molecule has 0 unspecified atom stereocenters. The Morgan fingerprint density at radius 3 is 2.60 bits per heavy atom. The van der Waals surface area contributed by atoms with E-state index < -0.39 is 34.5 Å². The number of carbonyl (C=O) groups excluding carboxylic acids is 2. The van der Waals surface area contributed by atoms with Crippen molar-refractivity contribution in [2.45, 2.75) is 24.3 Å². The molecule has 30 heavy (non-hydrogen) atoms. The topological polar surface area (TPSA) is 138 Å². The number of ether oxygens (including phenoxy) is 1. The second-order valence-electron chi connectivity index (χ2n) is 6.44. The monoisotopic (exact) mass is 426 g/mol. The van der Waals surface area contributed by atoms with Crippen molar-refractivity contribution in [2.75, 3.05) is 11.9 Å². The normalized spacial score (nSPS) is 16.1. The van der Waals surface area contributed by atoms with Crippen LogP contribution < -0.4 is 10.0 Å². The molecule has 1 atom stereocenters. The van der Waals surface area contributed by atoms with Crippen molar-refractivity contribution in [3.05, 3.63) is 59.7 Å². The fourth-order valence-corrected chi connectivity index (χ4v) is 3.97. The van der Waals surface area contributed by atoms with Gasteiger partial charge in [-0.1, -0.05) is 24.3 Å². The zero-order valence-corrected chi connectivity index (χ0v) is 16.8. The second kappa shape index (κ2) is 8.75. The van der Waals surface area contributed by atoms with Crippen LogP contribution in [0.3, 0.4) is 0 Å². The number of nitrogens with one attached hydrogen (secondary N) is 2. The van der Waals surface area contributed by atoms with E-state index in [9.17, 15) is 18.0 Å². The number of hydrogen-bond acceptors (Lipinski definition) is 7. The van der Waals surface area contributed by atoms with Crippen LogP contribution in [0.25, 0.3) is 0 Å². The van der Waals surface area contributed by atoms with Crippen molar-refractivity contribution in [1.29, 1.82) is 5.26 Å². The summed E-state index contributed by atoms with van der Waals surface area (Å²) in [6, 6.07) is 14.0. The lowest BCUT2D eigenvalue weighted by molar-refractivity contribution is -0.148. The van der Waals surface area contributed by atoms with E-state index in [1.54, 1.807) is 42.5 Å². The van der Waals surface area contributed by atoms with Crippen LogP contribution in [0.4, 0.5) is 5.69 Å². The number of aliphatic imine (C=N–C) groups is 1. The van der Waals surface area contributed by atoms with E-state index in [-0.39, 0.29) is 17.2 Å². The third-order valence-electron chi connectivity index (χ3n) is 4.19. The fraction of sp³-hybridized carbons (Fsp3) is 0.200. The molecule has 0 saturated carbocycles. The molecule has 0 aliphatic carbocycles. The summed E-state index contributed by atoms with van der Waals surface area (Å²) in [5.74, 6) is -1.26. The quantitative estimate of drug-likeness (QED) is 0.669. The van der Waals surface area contributed by atoms with Crippen LogP contribution >= 0.6 is 0 Å². The van der Waals surface area contributed by atoms with E-state index in [1.165, 1.54) is 13.0 Å². The molecular weight excluding hydrogens is 408 g/mol. The van der Waals surface area contributed by atoms with Gasteiger partial charge in [0.2, 0.25) is 0 Å². The highest BCUT2D eigenvalue weighted by Crippen LogP contribution is 2.22. The molecule has 0 saturated heterocycles. The van der Waals surface area contributed by atoms with Gasteiger partial charge in [-0.3, -0.25) is 14.5 Å². The highest BCUT2D eigenvalue weighted by Gasteiger charge is 2.31. The predicted octanol–water partition coefficient (Wildman–Crippen LogP) is 1.36. The number of benzene rings is 2. The smallest absolute Gasteiger partial charge is 0.331 e.